The van der Waals surface area contributed by atoms with Crippen molar-refractivity contribution in [1.82, 2.24) is 0 Å². The van der Waals surface area contributed by atoms with Crippen molar-refractivity contribution in [2.45, 2.75) is 38.1 Å². The number of amides is 1. The smallest absolute Gasteiger partial charge is 0.231 e. The number of rotatable bonds is 1. The lowest BCUT2D eigenvalue weighted by molar-refractivity contribution is -0.121. The molecule has 2 nitrogen and oxygen atoms in total. The molecule has 1 heterocycles. The molecule has 1 aliphatic heterocycles. The van der Waals surface area contributed by atoms with Gasteiger partial charge in [0.2, 0.25) is 5.91 Å². The number of hydrogen-bond acceptors (Lipinski definition) is 1. The molecule has 27 heavy (non-hydrogen) atoms. The molecule has 2 fully saturated rings. The largest absolute Gasteiger partial charge is 0.309 e. The first-order valence-electron chi connectivity index (χ1n) is 10.1. The van der Waals surface area contributed by atoms with Crippen molar-refractivity contribution in [1.29, 1.82) is 0 Å². The summed E-state index contributed by atoms with van der Waals surface area (Å²) < 4.78 is 0. The third-order valence-corrected chi connectivity index (χ3v) is 7.25. The van der Waals surface area contributed by atoms with Crippen LogP contribution in [0.3, 0.4) is 0 Å². The van der Waals surface area contributed by atoms with E-state index >= 15 is 0 Å². The summed E-state index contributed by atoms with van der Waals surface area (Å²) in [7, 11) is 0. The highest BCUT2D eigenvalue weighted by Gasteiger charge is 2.57. The minimum atomic E-state index is 0.141. The van der Waals surface area contributed by atoms with Crippen LogP contribution in [0.1, 0.15) is 35.4 Å². The summed E-state index contributed by atoms with van der Waals surface area (Å²) >= 11 is 0. The average Bonchev–Trinajstić information content (AvgIpc) is 3.24. The molecule has 2 heteroatoms. The van der Waals surface area contributed by atoms with Gasteiger partial charge in [0.15, 0.2) is 0 Å². The molecule has 0 aromatic heterocycles. The molecule has 3 aromatic carbocycles. The summed E-state index contributed by atoms with van der Waals surface area (Å²) in [6.45, 7) is 2.10. The molecule has 1 saturated carbocycles. The molecule has 3 aromatic rings. The van der Waals surface area contributed by atoms with Crippen LogP contribution < -0.4 is 4.90 Å². The second-order valence-corrected chi connectivity index (χ2v) is 8.54. The highest BCUT2D eigenvalue weighted by Crippen LogP contribution is 2.56. The maximum absolute atomic E-state index is 13.5. The van der Waals surface area contributed by atoms with Crippen molar-refractivity contribution in [2.75, 3.05) is 4.90 Å². The fourth-order valence-corrected chi connectivity index (χ4v) is 6.12. The minimum absolute atomic E-state index is 0.141. The van der Waals surface area contributed by atoms with E-state index in [-0.39, 0.29) is 5.92 Å². The van der Waals surface area contributed by atoms with Crippen LogP contribution in [0.5, 0.6) is 0 Å². The summed E-state index contributed by atoms with van der Waals surface area (Å²) in [5.41, 5.74) is 5.26. The van der Waals surface area contributed by atoms with Crippen LogP contribution in [-0.2, 0) is 11.2 Å². The first kappa shape index (κ1) is 15.4. The van der Waals surface area contributed by atoms with E-state index in [4.69, 9.17) is 0 Å². The zero-order valence-corrected chi connectivity index (χ0v) is 15.6. The van der Waals surface area contributed by atoms with Gasteiger partial charge < -0.3 is 4.90 Å². The van der Waals surface area contributed by atoms with Gasteiger partial charge in [0.25, 0.3) is 0 Å². The number of aryl methyl sites for hydroxylation is 1. The van der Waals surface area contributed by atoms with Crippen LogP contribution in [0.15, 0.2) is 60.7 Å². The Hall–Kier alpha value is -2.61. The van der Waals surface area contributed by atoms with Gasteiger partial charge in [0.05, 0.1) is 0 Å². The average molecular weight is 353 g/mol. The summed E-state index contributed by atoms with van der Waals surface area (Å²) in [4.78, 5) is 15.6. The van der Waals surface area contributed by atoms with Crippen LogP contribution in [0, 0.1) is 18.8 Å². The normalized spacial score (nSPS) is 28.5. The number of carbonyl (C=O) groups excluding carboxylic acids is 1. The van der Waals surface area contributed by atoms with Gasteiger partial charge in [-0.15, -0.1) is 0 Å². The Kier molecular flexibility index (Phi) is 3.12. The maximum atomic E-state index is 13.5. The second-order valence-electron chi connectivity index (χ2n) is 8.54. The van der Waals surface area contributed by atoms with E-state index in [1.54, 1.807) is 0 Å². The van der Waals surface area contributed by atoms with Gasteiger partial charge in [-0.25, -0.2) is 0 Å². The van der Waals surface area contributed by atoms with Crippen molar-refractivity contribution >= 4 is 22.4 Å². The van der Waals surface area contributed by atoms with Gasteiger partial charge in [-0.05, 0) is 72.1 Å². The Morgan fingerprint density at radius 1 is 0.889 bits per heavy atom. The Labute approximate surface area is 159 Å². The van der Waals surface area contributed by atoms with E-state index in [1.165, 1.54) is 33.9 Å². The highest BCUT2D eigenvalue weighted by atomic mass is 16.2. The molecule has 3 aliphatic rings. The zero-order chi connectivity index (χ0) is 18.1. The van der Waals surface area contributed by atoms with Crippen molar-refractivity contribution < 1.29 is 4.79 Å². The molecule has 1 amide bonds. The maximum Gasteiger partial charge on any atom is 0.231 e. The van der Waals surface area contributed by atoms with Gasteiger partial charge in [-0.1, -0.05) is 54.1 Å². The van der Waals surface area contributed by atoms with E-state index in [9.17, 15) is 4.79 Å². The van der Waals surface area contributed by atoms with Crippen LogP contribution >= 0.6 is 0 Å². The van der Waals surface area contributed by atoms with Crippen LogP contribution in [0.2, 0.25) is 0 Å². The monoisotopic (exact) mass is 353 g/mol. The SMILES string of the molecule is Cc1ccc(N2C(=O)C3Cc4c(ccc5ccccc45)C4CCC2C34)cc1. The molecule has 2 aliphatic carbocycles. The van der Waals surface area contributed by atoms with E-state index in [1.807, 2.05) is 0 Å². The van der Waals surface area contributed by atoms with Crippen molar-refractivity contribution in [3.8, 4) is 0 Å². The molecule has 134 valence electrons. The Morgan fingerprint density at radius 3 is 2.56 bits per heavy atom. The minimum Gasteiger partial charge on any atom is -0.309 e. The summed E-state index contributed by atoms with van der Waals surface area (Å²) in [6.07, 6.45) is 3.22. The van der Waals surface area contributed by atoms with E-state index in [2.05, 4.69) is 72.5 Å². The Morgan fingerprint density at radius 2 is 1.70 bits per heavy atom. The van der Waals surface area contributed by atoms with Gasteiger partial charge in [0.1, 0.15) is 0 Å². The lowest BCUT2D eigenvalue weighted by Crippen LogP contribution is -2.33. The lowest BCUT2D eigenvalue weighted by Gasteiger charge is -2.32. The molecule has 6 rings (SSSR count). The number of fused-ring (bicyclic) bond motifs is 4. The number of hydrogen-bond donors (Lipinski definition) is 0. The third kappa shape index (κ3) is 2.04. The predicted octanol–water partition coefficient (Wildman–Crippen LogP) is 5.23. The quantitative estimate of drug-likeness (QED) is 0.587. The van der Waals surface area contributed by atoms with E-state index < -0.39 is 0 Å². The number of carbonyl (C=O) groups is 1. The van der Waals surface area contributed by atoms with E-state index in [0.717, 1.165) is 18.5 Å². The molecule has 0 N–H and O–H groups in total. The van der Waals surface area contributed by atoms with Gasteiger partial charge in [-0.3, -0.25) is 4.79 Å². The van der Waals surface area contributed by atoms with Gasteiger partial charge >= 0.3 is 0 Å². The first-order chi connectivity index (χ1) is 13.2. The zero-order valence-electron chi connectivity index (χ0n) is 15.6. The third-order valence-electron chi connectivity index (χ3n) is 7.25. The van der Waals surface area contributed by atoms with Gasteiger partial charge in [-0.2, -0.15) is 0 Å². The second kappa shape index (κ2) is 5.45. The topological polar surface area (TPSA) is 20.3 Å². The Bertz CT molecular complexity index is 1070. The van der Waals surface area contributed by atoms with E-state index in [0.29, 0.717) is 23.8 Å². The molecule has 4 unspecified atom stereocenters. The van der Waals surface area contributed by atoms with Crippen molar-refractivity contribution in [2.24, 2.45) is 11.8 Å². The Balaban J connectivity index is 1.48. The summed E-state index contributed by atoms with van der Waals surface area (Å²) in [6, 6.07) is 22.1. The molecular weight excluding hydrogens is 330 g/mol. The first-order valence-corrected chi connectivity index (χ1v) is 10.1. The summed E-state index contributed by atoms with van der Waals surface area (Å²) in [5, 5.41) is 2.64. The summed E-state index contributed by atoms with van der Waals surface area (Å²) in [5.74, 6) is 1.50. The fraction of sp³-hybridized carbons (Fsp3) is 0.320. The molecule has 0 radical (unpaired) electrons. The van der Waals surface area contributed by atoms with Crippen LogP contribution in [0.4, 0.5) is 5.69 Å². The molecule has 4 atom stereocenters. The highest BCUT2D eigenvalue weighted by molar-refractivity contribution is 6.00. The molecule has 0 spiro atoms. The lowest BCUT2D eigenvalue weighted by atomic mass is 9.70. The fourth-order valence-electron chi connectivity index (χ4n) is 6.12. The molecule has 1 saturated heterocycles. The van der Waals surface area contributed by atoms with Crippen LogP contribution in [-0.4, -0.2) is 11.9 Å². The number of benzene rings is 3. The number of anilines is 1. The molecule has 0 bridgehead atoms. The van der Waals surface area contributed by atoms with Gasteiger partial charge in [0, 0.05) is 17.6 Å². The van der Waals surface area contributed by atoms with Crippen molar-refractivity contribution in [3.63, 3.8) is 0 Å². The molecular formula is C25H23NO. The predicted molar refractivity (Wildman–Crippen MR) is 109 cm³/mol. The van der Waals surface area contributed by atoms with Crippen LogP contribution in [0.25, 0.3) is 10.8 Å². The number of nitrogens with zero attached hydrogens (tertiary/aromatic N) is 1. The standard InChI is InChI=1S/C25H23NO/c1-15-6-9-17(10-7-15)26-23-13-12-20-19-11-8-16-4-2-3-5-18(16)21(19)14-22(24(20)23)25(26)27/h2-11,20,22-24H,12-14H2,1H3. The van der Waals surface area contributed by atoms with Crippen molar-refractivity contribution in [3.05, 3.63) is 77.4 Å².